The molecule has 0 radical (unpaired) electrons. The summed E-state index contributed by atoms with van der Waals surface area (Å²) in [6, 6.07) is 6.13. The third kappa shape index (κ3) is 5.42. The predicted molar refractivity (Wildman–Crippen MR) is 96.7 cm³/mol. The molecule has 1 aromatic carbocycles. The van der Waals surface area contributed by atoms with Crippen molar-refractivity contribution in [2.75, 3.05) is 13.7 Å². The number of hydrogen-bond donors (Lipinski definition) is 0. The Morgan fingerprint density at radius 3 is 2.38 bits per heavy atom. The zero-order chi connectivity index (χ0) is 16.3. The number of rotatable bonds is 6. The van der Waals surface area contributed by atoms with Gasteiger partial charge in [-0.3, -0.25) is 0 Å². The van der Waals surface area contributed by atoms with Crippen LogP contribution in [-0.4, -0.2) is 22.0 Å². The molecule has 0 aliphatic heterocycles. The van der Waals surface area contributed by atoms with Gasteiger partial charge in [-0.15, -0.1) is 0 Å². The van der Waals surface area contributed by atoms with E-state index in [9.17, 15) is 0 Å². The summed E-state index contributed by atoms with van der Waals surface area (Å²) < 4.78 is 12.8. The molecule has 1 aromatic rings. The van der Waals surface area contributed by atoms with Crippen molar-refractivity contribution >= 4 is 24.2 Å². The largest absolute Gasteiger partial charge is 0.497 e. The van der Waals surface area contributed by atoms with Crippen molar-refractivity contribution in [3.8, 4) is 5.75 Å². The maximum atomic E-state index is 6.32. The van der Waals surface area contributed by atoms with Crippen molar-refractivity contribution in [2.45, 2.75) is 52.2 Å². The number of benzene rings is 1. The van der Waals surface area contributed by atoms with Crippen molar-refractivity contribution in [1.82, 2.24) is 0 Å². The van der Waals surface area contributed by atoms with Gasteiger partial charge in [0.1, 0.15) is 5.75 Å². The summed E-state index contributed by atoms with van der Waals surface area (Å²) >= 11 is 3.62. The molecule has 0 bridgehead atoms. The molecule has 0 aromatic heterocycles. The smallest absolute Gasteiger partial charge is 0.191 e. The standard InChI is InChI=1S/C17H29BrO2Si/c1-13(12-20-21(6,7)17(2,3)4)10-14-11-15(19-5)8-9-16(14)18/h8-9,11,13H,10,12H2,1-7H3/t13-/m0/s1. The zero-order valence-electron chi connectivity index (χ0n) is 14.4. The first-order valence-corrected chi connectivity index (χ1v) is 11.2. The fraction of sp³-hybridized carbons (Fsp3) is 0.647. The van der Waals surface area contributed by atoms with Gasteiger partial charge in [-0.25, -0.2) is 0 Å². The van der Waals surface area contributed by atoms with Crippen LogP contribution in [0.1, 0.15) is 33.3 Å². The summed E-state index contributed by atoms with van der Waals surface area (Å²) in [6.45, 7) is 14.5. The second kappa shape index (κ2) is 7.29. The van der Waals surface area contributed by atoms with E-state index in [-0.39, 0.29) is 5.04 Å². The number of methoxy groups -OCH3 is 1. The molecule has 0 heterocycles. The van der Waals surface area contributed by atoms with Gasteiger partial charge in [0.25, 0.3) is 0 Å². The molecule has 0 saturated carbocycles. The topological polar surface area (TPSA) is 18.5 Å². The fourth-order valence-electron chi connectivity index (χ4n) is 1.84. The first-order chi connectivity index (χ1) is 9.56. The molecule has 0 spiro atoms. The molecule has 0 fully saturated rings. The Morgan fingerprint density at radius 2 is 1.86 bits per heavy atom. The summed E-state index contributed by atoms with van der Waals surface area (Å²) in [5.74, 6) is 1.40. The van der Waals surface area contributed by atoms with E-state index < -0.39 is 8.32 Å². The highest BCUT2D eigenvalue weighted by molar-refractivity contribution is 9.10. The van der Waals surface area contributed by atoms with E-state index in [1.165, 1.54) is 5.56 Å². The van der Waals surface area contributed by atoms with Crippen LogP contribution in [0.15, 0.2) is 22.7 Å². The van der Waals surface area contributed by atoms with E-state index in [0.717, 1.165) is 23.2 Å². The normalized spacial score (nSPS) is 14.1. The lowest BCUT2D eigenvalue weighted by Gasteiger charge is -2.37. The Labute approximate surface area is 139 Å². The van der Waals surface area contributed by atoms with Gasteiger partial charge in [-0.05, 0) is 54.2 Å². The molecular formula is C17H29BrO2Si. The van der Waals surface area contributed by atoms with Crippen LogP contribution in [0.5, 0.6) is 5.75 Å². The molecular weight excluding hydrogens is 344 g/mol. The van der Waals surface area contributed by atoms with Gasteiger partial charge >= 0.3 is 0 Å². The minimum atomic E-state index is -1.65. The maximum absolute atomic E-state index is 6.32. The molecule has 0 N–H and O–H groups in total. The Kier molecular flexibility index (Phi) is 6.50. The Hall–Kier alpha value is -0.323. The Morgan fingerprint density at radius 1 is 1.24 bits per heavy atom. The SMILES string of the molecule is COc1ccc(Br)c(C[C@H](C)CO[Si](C)(C)C(C)(C)C)c1. The molecule has 0 aliphatic rings. The van der Waals surface area contributed by atoms with Gasteiger partial charge in [-0.2, -0.15) is 0 Å². The number of halogens is 1. The van der Waals surface area contributed by atoms with E-state index >= 15 is 0 Å². The highest BCUT2D eigenvalue weighted by Crippen LogP contribution is 2.37. The molecule has 2 nitrogen and oxygen atoms in total. The second-order valence-corrected chi connectivity index (χ2v) is 13.0. The molecule has 1 atom stereocenters. The van der Waals surface area contributed by atoms with Crippen LogP contribution in [0.2, 0.25) is 18.1 Å². The Balaban J connectivity index is 2.64. The Bertz CT molecular complexity index is 466. The van der Waals surface area contributed by atoms with Gasteiger partial charge in [0.15, 0.2) is 8.32 Å². The second-order valence-electron chi connectivity index (χ2n) is 7.34. The predicted octanol–water partition coefficient (Wildman–Crippen LogP) is 5.66. The van der Waals surface area contributed by atoms with Crippen molar-refractivity contribution < 1.29 is 9.16 Å². The number of ether oxygens (including phenoxy) is 1. The summed E-state index contributed by atoms with van der Waals surface area (Å²) in [5, 5.41) is 0.267. The maximum Gasteiger partial charge on any atom is 0.191 e. The lowest BCUT2D eigenvalue weighted by molar-refractivity contribution is 0.237. The van der Waals surface area contributed by atoms with Crippen molar-refractivity contribution in [2.24, 2.45) is 5.92 Å². The molecule has 0 saturated heterocycles. The first-order valence-electron chi connectivity index (χ1n) is 7.53. The molecule has 1 rings (SSSR count). The average Bonchev–Trinajstić information content (AvgIpc) is 2.38. The van der Waals surface area contributed by atoms with E-state index in [1.54, 1.807) is 7.11 Å². The van der Waals surface area contributed by atoms with Crippen molar-refractivity contribution in [3.05, 3.63) is 28.2 Å². The first kappa shape index (κ1) is 18.7. The zero-order valence-corrected chi connectivity index (χ0v) is 17.0. The molecule has 0 amide bonds. The van der Waals surface area contributed by atoms with Gasteiger partial charge in [0.2, 0.25) is 0 Å². The van der Waals surface area contributed by atoms with E-state index in [4.69, 9.17) is 9.16 Å². The van der Waals surface area contributed by atoms with Gasteiger partial charge in [-0.1, -0.05) is 43.6 Å². The third-order valence-electron chi connectivity index (χ3n) is 4.36. The third-order valence-corrected chi connectivity index (χ3v) is 9.63. The van der Waals surface area contributed by atoms with Crippen LogP contribution >= 0.6 is 15.9 Å². The minimum Gasteiger partial charge on any atom is -0.497 e. The van der Waals surface area contributed by atoms with E-state index in [0.29, 0.717) is 5.92 Å². The van der Waals surface area contributed by atoms with Crippen molar-refractivity contribution in [1.29, 1.82) is 0 Å². The number of hydrogen-bond acceptors (Lipinski definition) is 2. The summed E-state index contributed by atoms with van der Waals surface area (Å²) in [7, 11) is 0.0527. The monoisotopic (exact) mass is 372 g/mol. The van der Waals surface area contributed by atoms with Gasteiger partial charge in [0, 0.05) is 11.1 Å². The van der Waals surface area contributed by atoms with Crippen LogP contribution < -0.4 is 4.74 Å². The molecule has 4 heteroatoms. The average molecular weight is 373 g/mol. The quantitative estimate of drug-likeness (QED) is 0.599. The highest BCUT2D eigenvalue weighted by atomic mass is 79.9. The fourth-order valence-corrected chi connectivity index (χ4v) is 3.38. The van der Waals surface area contributed by atoms with E-state index in [2.05, 4.69) is 68.9 Å². The summed E-state index contributed by atoms with van der Waals surface area (Å²) in [5.41, 5.74) is 1.28. The lowest BCUT2D eigenvalue weighted by atomic mass is 10.0. The molecule has 120 valence electrons. The molecule has 0 aliphatic carbocycles. The minimum absolute atomic E-state index is 0.267. The van der Waals surface area contributed by atoms with Crippen LogP contribution in [-0.2, 0) is 10.8 Å². The van der Waals surface area contributed by atoms with Gasteiger partial charge < -0.3 is 9.16 Å². The molecule has 0 unspecified atom stereocenters. The van der Waals surface area contributed by atoms with Crippen LogP contribution in [0.3, 0.4) is 0 Å². The van der Waals surface area contributed by atoms with Crippen LogP contribution in [0.4, 0.5) is 0 Å². The van der Waals surface area contributed by atoms with Crippen LogP contribution in [0, 0.1) is 5.92 Å². The van der Waals surface area contributed by atoms with Crippen LogP contribution in [0.25, 0.3) is 0 Å². The summed E-state index contributed by atoms with van der Waals surface area (Å²) in [6.07, 6.45) is 0.992. The molecule has 21 heavy (non-hydrogen) atoms. The highest BCUT2D eigenvalue weighted by Gasteiger charge is 2.37. The van der Waals surface area contributed by atoms with E-state index in [1.807, 2.05) is 6.07 Å². The van der Waals surface area contributed by atoms with Crippen molar-refractivity contribution in [3.63, 3.8) is 0 Å². The summed E-state index contributed by atoms with van der Waals surface area (Å²) in [4.78, 5) is 0. The van der Waals surface area contributed by atoms with Gasteiger partial charge in [0.05, 0.1) is 7.11 Å². The lowest BCUT2D eigenvalue weighted by Crippen LogP contribution is -2.41.